The predicted molar refractivity (Wildman–Crippen MR) is 157 cm³/mol. The SMILES string of the molecule is COCCN(CC(=O)Nc1cc(-c2ccccc2)nn1-c1ccccc1)C(=O)c1ccc(-c2ccccc2)cc1. The molecule has 7 heteroatoms. The number of ether oxygens (including phenoxy) is 1. The molecule has 200 valence electrons. The van der Waals surface area contributed by atoms with Crippen molar-refractivity contribution in [3.05, 3.63) is 127 Å². The van der Waals surface area contributed by atoms with Gasteiger partial charge in [0.1, 0.15) is 12.4 Å². The van der Waals surface area contributed by atoms with Gasteiger partial charge in [0, 0.05) is 30.8 Å². The van der Waals surface area contributed by atoms with E-state index in [0.29, 0.717) is 18.0 Å². The van der Waals surface area contributed by atoms with E-state index in [-0.39, 0.29) is 24.9 Å². The van der Waals surface area contributed by atoms with Crippen molar-refractivity contribution in [2.45, 2.75) is 0 Å². The normalized spacial score (nSPS) is 10.7. The number of nitrogens with one attached hydrogen (secondary N) is 1. The summed E-state index contributed by atoms with van der Waals surface area (Å²) in [5, 5.41) is 7.72. The average molecular weight is 531 g/mol. The Morgan fingerprint density at radius 3 is 1.98 bits per heavy atom. The number of hydrogen-bond donors (Lipinski definition) is 1. The van der Waals surface area contributed by atoms with Gasteiger partial charge < -0.3 is 15.0 Å². The van der Waals surface area contributed by atoms with Crippen LogP contribution in [-0.4, -0.2) is 53.3 Å². The molecular weight excluding hydrogens is 500 g/mol. The second kappa shape index (κ2) is 12.7. The number of anilines is 1. The fourth-order valence-electron chi connectivity index (χ4n) is 4.41. The lowest BCUT2D eigenvalue weighted by Crippen LogP contribution is -2.40. The Bertz CT molecular complexity index is 1550. The molecule has 0 spiro atoms. The minimum Gasteiger partial charge on any atom is -0.383 e. The number of nitrogens with zero attached hydrogens (tertiary/aromatic N) is 3. The number of methoxy groups -OCH3 is 1. The van der Waals surface area contributed by atoms with Gasteiger partial charge in [-0.2, -0.15) is 5.10 Å². The molecule has 0 saturated heterocycles. The van der Waals surface area contributed by atoms with Crippen LogP contribution in [0.5, 0.6) is 0 Å². The van der Waals surface area contributed by atoms with E-state index in [1.54, 1.807) is 23.9 Å². The zero-order valence-electron chi connectivity index (χ0n) is 22.2. The number of carbonyl (C=O) groups is 2. The Morgan fingerprint density at radius 2 is 1.35 bits per heavy atom. The third-order valence-corrected chi connectivity index (χ3v) is 6.47. The van der Waals surface area contributed by atoms with E-state index in [0.717, 1.165) is 28.1 Å². The highest BCUT2D eigenvalue weighted by molar-refractivity contribution is 5.99. The zero-order chi connectivity index (χ0) is 27.7. The largest absolute Gasteiger partial charge is 0.383 e. The van der Waals surface area contributed by atoms with Crippen LogP contribution in [0, 0.1) is 0 Å². The Morgan fingerprint density at radius 1 is 0.775 bits per heavy atom. The Balaban J connectivity index is 1.35. The molecule has 0 radical (unpaired) electrons. The minimum absolute atomic E-state index is 0.136. The van der Waals surface area contributed by atoms with E-state index < -0.39 is 0 Å². The molecule has 0 aliphatic rings. The molecule has 0 saturated carbocycles. The van der Waals surface area contributed by atoms with Crippen LogP contribution >= 0.6 is 0 Å². The molecule has 7 nitrogen and oxygen atoms in total. The number of hydrogen-bond acceptors (Lipinski definition) is 4. The number of para-hydroxylation sites is 1. The summed E-state index contributed by atoms with van der Waals surface area (Å²) in [7, 11) is 1.57. The molecule has 0 aliphatic carbocycles. The molecule has 1 N–H and O–H groups in total. The van der Waals surface area contributed by atoms with Gasteiger partial charge in [0.25, 0.3) is 5.91 Å². The van der Waals surface area contributed by atoms with Crippen LogP contribution in [0.4, 0.5) is 5.82 Å². The summed E-state index contributed by atoms with van der Waals surface area (Å²) in [5.74, 6) is -0.0585. The summed E-state index contributed by atoms with van der Waals surface area (Å²) in [5.41, 5.74) is 5.06. The molecular formula is C33H30N4O3. The van der Waals surface area contributed by atoms with Crippen molar-refractivity contribution in [2.24, 2.45) is 0 Å². The fourth-order valence-corrected chi connectivity index (χ4v) is 4.41. The van der Waals surface area contributed by atoms with Crippen LogP contribution in [0.3, 0.4) is 0 Å². The van der Waals surface area contributed by atoms with Crippen molar-refractivity contribution in [1.29, 1.82) is 0 Å². The molecule has 0 unspecified atom stereocenters. The molecule has 1 heterocycles. The molecule has 40 heavy (non-hydrogen) atoms. The average Bonchev–Trinajstić information content (AvgIpc) is 3.44. The van der Waals surface area contributed by atoms with E-state index in [9.17, 15) is 9.59 Å². The van der Waals surface area contributed by atoms with E-state index in [1.807, 2.05) is 109 Å². The van der Waals surface area contributed by atoms with Gasteiger partial charge in [-0.3, -0.25) is 9.59 Å². The maximum Gasteiger partial charge on any atom is 0.254 e. The van der Waals surface area contributed by atoms with Crippen LogP contribution in [0.1, 0.15) is 10.4 Å². The van der Waals surface area contributed by atoms with Gasteiger partial charge in [0.2, 0.25) is 5.91 Å². The maximum absolute atomic E-state index is 13.4. The summed E-state index contributed by atoms with van der Waals surface area (Å²) in [6, 6.07) is 38.6. The molecule has 0 aliphatic heterocycles. The third kappa shape index (κ3) is 6.34. The van der Waals surface area contributed by atoms with E-state index in [1.165, 1.54) is 4.90 Å². The first kappa shape index (κ1) is 26.6. The first-order chi connectivity index (χ1) is 19.6. The lowest BCUT2D eigenvalue weighted by molar-refractivity contribution is -0.117. The summed E-state index contributed by atoms with van der Waals surface area (Å²) >= 11 is 0. The van der Waals surface area contributed by atoms with Gasteiger partial charge in [-0.15, -0.1) is 0 Å². The number of rotatable bonds is 10. The van der Waals surface area contributed by atoms with Crippen LogP contribution < -0.4 is 5.32 Å². The van der Waals surface area contributed by atoms with Crippen LogP contribution in [0.2, 0.25) is 0 Å². The summed E-state index contributed by atoms with van der Waals surface area (Å²) in [6.07, 6.45) is 0. The van der Waals surface area contributed by atoms with Crippen molar-refractivity contribution in [3.63, 3.8) is 0 Å². The highest BCUT2D eigenvalue weighted by atomic mass is 16.5. The van der Waals surface area contributed by atoms with Gasteiger partial charge in [-0.25, -0.2) is 4.68 Å². The molecule has 2 amide bonds. The highest BCUT2D eigenvalue weighted by Crippen LogP contribution is 2.25. The zero-order valence-corrected chi connectivity index (χ0v) is 22.2. The molecule has 1 aromatic heterocycles. The van der Waals surface area contributed by atoms with Crippen LogP contribution in [0.25, 0.3) is 28.1 Å². The third-order valence-electron chi connectivity index (χ3n) is 6.47. The molecule has 0 fully saturated rings. The number of amides is 2. The first-order valence-electron chi connectivity index (χ1n) is 13.1. The quantitative estimate of drug-likeness (QED) is 0.243. The second-order valence-electron chi connectivity index (χ2n) is 9.24. The van der Waals surface area contributed by atoms with Gasteiger partial charge >= 0.3 is 0 Å². The highest BCUT2D eigenvalue weighted by Gasteiger charge is 2.21. The van der Waals surface area contributed by atoms with Gasteiger partial charge in [0.15, 0.2) is 0 Å². The minimum atomic E-state index is -0.331. The van der Waals surface area contributed by atoms with E-state index in [4.69, 9.17) is 9.84 Å². The smallest absolute Gasteiger partial charge is 0.254 e. The van der Waals surface area contributed by atoms with Crippen molar-refractivity contribution < 1.29 is 14.3 Å². The van der Waals surface area contributed by atoms with Gasteiger partial charge in [-0.1, -0.05) is 91.0 Å². The standard InChI is InChI=1S/C33H30N4O3/c1-40-22-21-36(33(39)28-19-17-26(18-20-28)25-11-5-2-6-12-25)24-32(38)34-31-23-30(27-13-7-3-8-14-27)35-37(31)29-15-9-4-10-16-29/h2-20,23H,21-22,24H2,1H3,(H,34,38). The Kier molecular flexibility index (Phi) is 8.44. The first-order valence-corrected chi connectivity index (χ1v) is 13.1. The van der Waals surface area contributed by atoms with Crippen molar-refractivity contribution >= 4 is 17.6 Å². The Labute approximate surface area is 233 Å². The van der Waals surface area contributed by atoms with Crippen LogP contribution in [0.15, 0.2) is 121 Å². The summed E-state index contributed by atoms with van der Waals surface area (Å²) in [4.78, 5) is 28.2. The number of benzene rings is 4. The molecule has 0 bridgehead atoms. The Hall–Kier alpha value is -5.01. The van der Waals surface area contributed by atoms with Crippen molar-refractivity contribution in [2.75, 3.05) is 32.1 Å². The lowest BCUT2D eigenvalue weighted by Gasteiger charge is -2.22. The van der Waals surface area contributed by atoms with Crippen LogP contribution in [-0.2, 0) is 9.53 Å². The topological polar surface area (TPSA) is 76.5 Å². The fraction of sp³-hybridized carbons (Fsp3) is 0.121. The number of aromatic nitrogens is 2. The predicted octanol–water partition coefficient (Wildman–Crippen LogP) is 5.93. The molecule has 5 aromatic rings. The molecule has 5 rings (SSSR count). The molecule has 4 aromatic carbocycles. The maximum atomic E-state index is 13.4. The van der Waals surface area contributed by atoms with Crippen molar-refractivity contribution in [1.82, 2.24) is 14.7 Å². The monoisotopic (exact) mass is 530 g/mol. The van der Waals surface area contributed by atoms with Gasteiger partial charge in [-0.05, 0) is 35.4 Å². The van der Waals surface area contributed by atoms with E-state index >= 15 is 0 Å². The van der Waals surface area contributed by atoms with E-state index in [2.05, 4.69) is 5.32 Å². The molecule has 0 atom stereocenters. The van der Waals surface area contributed by atoms with Gasteiger partial charge in [0.05, 0.1) is 18.0 Å². The summed E-state index contributed by atoms with van der Waals surface area (Å²) < 4.78 is 6.92. The summed E-state index contributed by atoms with van der Waals surface area (Å²) in [6.45, 7) is 0.445. The van der Waals surface area contributed by atoms with Crippen molar-refractivity contribution in [3.8, 4) is 28.1 Å². The lowest BCUT2D eigenvalue weighted by atomic mass is 10.0. The second-order valence-corrected chi connectivity index (χ2v) is 9.24. The number of carbonyl (C=O) groups excluding carboxylic acids is 2.